The third kappa shape index (κ3) is 4.29. The zero-order valence-corrected chi connectivity index (χ0v) is 19.8. The number of amidine groups is 1. The molecule has 1 saturated carbocycles. The van der Waals surface area contributed by atoms with Gasteiger partial charge in [-0.15, -0.1) is 0 Å². The maximum absolute atomic E-state index is 13.2. The third-order valence-corrected chi connectivity index (χ3v) is 8.06. The Hall–Kier alpha value is -2.72. The van der Waals surface area contributed by atoms with E-state index in [4.69, 9.17) is 9.47 Å². The highest BCUT2D eigenvalue weighted by Gasteiger charge is 2.44. The molecule has 8 nitrogen and oxygen atoms in total. The average molecular weight is 488 g/mol. The molecule has 2 aromatic rings. The van der Waals surface area contributed by atoms with E-state index in [9.17, 15) is 13.2 Å². The first kappa shape index (κ1) is 22.1. The van der Waals surface area contributed by atoms with Gasteiger partial charge in [-0.25, -0.2) is 8.42 Å². The second-order valence-electron chi connectivity index (χ2n) is 8.35. The van der Waals surface area contributed by atoms with Gasteiger partial charge in [0, 0.05) is 30.2 Å². The Labute approximate surface area is 197 Å². The summed E-state index contributed by atoms with van der Waals surface area (Å²) in [4.78, 5) is 17.8. The number of fused-ring (bicyclic) bond motifs is 2. The van der Waals surface area contributed by atoms with E-state index < -0.39 is 21.9 Å². The predicted molar refractivity (Wildman–Crippen MR) is 128 cm³/mol. The van der Waals surface area contributed by atoms with Crippen molar-refractivity contribution < 1.29 is 22.7 Å². The standard InChI is InChI=1S/C23H25N3O5S2/c1-32-13-10-17(25-21-16-6-2-3-7-20(16)33(28,29)26-21)22(27)24-15-8-9-18-19(14-15)31-23(30-18)11-4-5-12-23/h2-3,6-9,14,17H,4-5,10-13H2,1H3,(H,24,27)(H,25,26). The van der Waals surface area contributed by atoms with E-state index >= 15 is 0 Å². The highest BCUT2D eigenvalue weighted by atomic mass is 32.2. The lowest BCUT2D eigenvalue weighted by Gasteiger charge is -2.21. The molecule has 0 aromatic heterocycles. The molecule has 1 fully saturated rings. The fourth-order valence-electron chi connectivity index (χ4n) is 4.38. The van der Waals surface area contributed by atoms with Crippen LogP contribution < -0.4 is 19.5 Å². The topological polar surface area (TPSA) is 106 Å². The quantitative estimate of drug-likeness (QED) is 0.646. The van der Waals surface area contributed by atoms with E-state index in [2.05, 4.69) is 15.0 Å². The molecule has 0 saturated heterocycles. The molecule has 10 heteroatoms. The number of amides is 1. The van der Waals surface area contributed by atoms with Crippen LogP contribution in [0.1, 0.15) is 37.7 Å². The normalized spacial score (nSPS) is 21.1. The van der Waals surface area contributed by atoms with Gasteiger partial charge in [0.1, 0.15) is 11.9 Å². The molecule has 0 bridgehead atoms. The summed E-state index contributed by atoms with van der Waals surface area (Å²) in [6.45, 7) is 0. The summed E-state index contributed by atoms with van der Waals surface area (Å²) in [6, 6.07) is 11.2. The van der Waals surface area contributed by atoms with Crippen LogP contribution in [-0.2, 0) is 14.8 Å². The van der Waals surface area contributed by atoms with E-state index in [-0.39, 0.29) is 16.6 Å². The summed E-state index contributed by atoms with van der Waals surface area (Å²) in [5, 5.41) is 2.91. The van der Waals surface area contributed by atoms with Crippen LogP contribution in [0, 0.1) is 0 Å². The number of rotatable bonds is 6. The number of hydrogen-bond acceptors (Lipinski definition) is 7. The number of carbonyl (C=O) groups excluding carboxylic acids is 1. The number of nitrogens with one attached hydrogen (secondary N) is 2. The lowest BCUT2D eigenvalue weighted by atomic mass is 10.1. The molecule has 2 N–H and O–H groups in total. The zero-order chi connectivity index (χ0) is 23.1. The van der Waals surface area contributed by atoms with Crippen molar-refractivity contribution >= 4 is 39.2 Å². The molecule has 0 radical (unpaired) electrons. The number of sulfonamides is 1. The maximum Gasteiger partial charge on any atom is 0.263 e. The largest absolute Gasteiger partial charge is 0.448 e. The first-order valence-electron chi connectivity index (χ1n) is 10.9. The monoisotopic (exact) mass is 487 g/mol. The molecule has 1 unspecified atom stereocenters. The first-order chi connectivity index (χ1) is 15.9. The number of thioether (sulfide) groups is 1. The Balaban J connectivity index is 1.37. The summed E-state index contributed by atoms with van der Waals surface area (Å²) < 4.78 is 39.4. The molecule has 3 aliphatic rings. The number of anilines is 1. The van der Waals surface area contributed by atoms with Gasteiger partial charge in [-0.1, -0.05) is 12.1 Å². The predicted octanol–water partition coefficient (Wildman–Crippen LogP) is 3.53. The van der Waals surface area contributed by atoms with Crippen molar-refractivity contribution in [3.05, 3.63) is 48.0 Å². The summed E-state index contributed by atoms with van der Waals surface area (Å²) in [5.74, 6) is 1.33. The second kappa shape index (κ2) is 8.57. The van der Waals surface area contributed by atoms with Crippen LogP contribution in [0.15, 0.2) is 52.4 Å². The molecule has 2 aliphatic heterocycles. The summed E-state index contributed by atoms with van der Waals surface area (Å²) in [7, 11) is -3.67. The lowest BCUT2D eigenvalue weighted by molar-refractivity contribution is -0.117. The molecular formula is C23H25N3O5S2. The van der Waals surface area contributed by atoms with Gasteiger partial charge in [0.2, 0.25) is 5.91 Å². The molecule has 174 valence electrons. The average Bonchev–Trinajstić information content (AvgIpc) is 3.47. The minimum Gasteiger partial charge on any atom is -0.448 e. The van der Waals surface area contributed by atoms with Crippen molar-refractivity contribution in [2.45, 2.75) is 48.8 Å². The van der Waals surface area contributed by atoms with E-state index in [1.165, 1.54) is 6.07 Å². The fourth-order valence-corrected chi connectivity index (χ4v) is 6.08. The minimum absolute atomic E-state index is 0.171. The van der Waals surface area contributed by atoms with E-state index in [0.717, 1.165) is 25.7 Å². The number of hydrogen-bond donors (Lipinski definition) is 2. The number of benzene rings is 2. The van der Waals surface area contributed by atoms with Gasteiger partial charge in [-0.05, 0) is 55.5 Å². The maximum atomic E-state index is 13.2. The highest BCUT2D eigenvalue weighted by Crippen LogP contribution is 2.47. The Bertz CT molecular complexity index is 1220. The zero-order valence-electron chi connectivity index (χ0n) is 18.2. The van der Waals surface area contributed by atoms with Crippen LogP contribution in [0.2, 0.25) is 0 Å². The first-order valence-corrected chi connectivity index (χ1v) is 13.8. The molecule has 1 aliphatic carbocycles. The van der Waals surface area contributed by atoms with Crippen molar-refractivity contribution in [1.82, 2.24) is 4.72 Å². The molecule has 1 amide bonds. The molecule has 5 rings (SSSR count). The lowest BCUT2D eigenvalue weighted by Crippen LogP contribution is -2.34. The van der Waals surface area contributed by atoms with Crippen LogP contribution in [-0.4, -0.2) is 44.0 Å². The van der Waals surface area contributed by atoms with Crippen molar-refractivity contribution in [1.29, 1.82) is 0 Å². The van der Waals surface area contributed by atoms with Gasteiger partial charge >= 0.3 is 0 Å². The van der Waals surface area contributed by atoms with Gasteiger partial charge in [0.05, 0.1) is 4.90 Å². The van der Waals surface area contributed by atoms with Gasteiger partial charge in [0.25, 0.3) is 15.8 Å². The Morgan fingerprint density at radius 2 is 1.94 bits per heavy atom. The molecule has 1 atom stereocenters. The smallest absolute Gasteiger partial charge is 0.263 e. The molecular weight excluding hydrogens is 462 g/mol. The van der Waals surface area contributed by atoms with Crippen molar-refractivity contribution in [2.24, 2.45) is 4.99 Å². The number of ether oxygens (including phenoxy) is 2. The molecule has 1 spiro atoms. The van der Waals surface area contributed by atoms with Crippen LogP contribution in [0.3, 0.4) is 0 Å². The SMILES string of the molecule is CSCCC(N=C1NS(=O)(=O)c2ccccc21)C(=O)Nc1ccc2c(c1)OC1(CCCC1)O2. The van der Waals surface area contributed by atoms with E-state index in [1.807, 2.05) is 12.3 Å². The van der Waals surface area contributed by atoms with E-state index in [0.29, 0.717) is 34.9 Å². The number of aliphatic imine (C=N–C) groups is 1. The Kier molecular flexibility index (Phi) is 5.74. The summed E-state index contributed by atoms with van der Waals surface area (Å²) in [6.07, 6.45) is 6.27. The Morgan fingerprint density at radius 3 is 2.73 bits per heavy atom. The summed E-state index contributed by atoms with van der Waals surface area (Å²) in [5.41, 5.74) is 1.06. The van der Waals surface area contributed by atoms with Crippen molar-refractivity contribution in [3.8, 4) is 11.5 Å². The highest BCUT2D eigenvalue weighted by molar-refractivity contribution is 7.98. The van der Waals surface area contributed by atoms with Crippen LogP contribution in [0.5, 0.6) is 11.5 Å². The van der Waals surface area contributed by atoms with Crippen LogP contribution >= 0.6 is 11.8 Å². The van der Waals surface area contributed by atoms with Gasteiger partial charge in [-0.3, -0.25) is 14.5 Å². The molecule has 33 heavy (non-hydrogen) atoms. The fraction of sp³-hybridized carbons (Fsp3) is 0.391. The molecule has 2 aromatic carbocycles. The van der Waals surface area contributed by atoms with Gasteiger partial charge < -0.3 is 14.8 Å². The van der Waals surface area contributed by atoms with Gasteiger partial charge in [0.15, 0.2) is 11.5 Å². The van der Waals surface area contributed by atoms with Crippen molar-refractivity contribution in [2.75, 3.05) is 17.3 Å². The molecule has 2 heterocycles. The Morgan fingerprint density at radius 1 is 1.18 bits per heavy atom. The van der Waals surface area contributed by atoms with E-state index in [1.54, 1.807) is 42.1 Å². The van der Waals surface area contributed by atoms with Gasteiger partial charge in [-0.2, -0.15) is 11.8 Å². The second-order valence-corrected chi connectivity index (χ2v) is 11.0. The third-order valence-electron chi connectivity index (χ3n) is 6.01. The van der Waals surface area contributed by atoms with Crippen LogP contribution in [0.25, 0.3) is 0 Å². The number of nitrogens with zero attached hydrogens (tertiary/aromatic N) is 1. The number of carbonyl (C=O) groups is 1. The minimum atomic E-state index is -3.67. The van der Waals surface area contributed by atoms with Crippen LogP contribution in [0.4, 0.5) is 5.69 Å². The van der Waals surface area contributed by atoms with Crippen molar-refractivity contribution in [3.63, 3.8) is 0 Å². The summed E-state index contributed by atoms with van der Waals surface area (Å²) >= 11 is 1.60.